The summed E-state index contributed by atoms with van der Waals surface area (Å²) in [5.41, 5.74) is 5.89. The van der Waals surface area contributed by atoms with Crippen LogP contribution in [-0.4, -0.2) is 23.8 Å². The van der Waals surface area contributed by atoms with E-state index < -0.39 is 5.91 Å². The molecule has 0 atom stereocenters. The predicted molar refractivity (Wildman–Crippen MR) is 124 cm³/mol. The van der Waals surface area contributed by atoms with Gasteiger partial charge >= 0.3 is 0 Å². The van der Waals surface area contributed by atoms with E-state index >= 15 is 0 Å². The minimum atomic E-state index is -0.419. The number of nitrogens with zero attached hydrogens (tertiary/aromatic N) is 3. The lowest BCUT2D eigenvalue weighted by Crippen LogP contribution is -2.25. The van der Waals surface area contributed by atoms with E-state index in [-0.39, 0.29) is 12.4 Å². The number of aryl methyl sites for hydroxylation is 2. The maximum atomic E-state index is 12.1. The standard InChI is InChI=1S/C23H21BrN4O3/c1-15-10-18(24)11-16(2)23(15)31-14-22(30)28-25-13-17-12-20(8-9-21(17)29)27-26-19-6-4-3-5-7-19/h3-13,29H,14H2,1-2H3,(H,28,30). The Morgan fingerprint density at radius 3 is 2.42 bits per heavy atom. The van der Waals surface area contributed by atoms with Crippen molar-refractivity contribution in [1.82, 2.24) is 5.43 Å². The van der Waals surface area contributed by atoms with Gasteiger partial charge < -0.3 is 9.84 Å². The number of hydrogen-bond acceptors (Lipinski definition) is 6. The summed E-state index contributed by atoms with van der Waals surface area (Å²) in [4.78, 5) is 12.1. The van der Waals surface area contributed by atoms with Gasteiger partial charge in [0.25, 0.3) is 5.91 Å². The van der Waals surface area contributed by atoms with E-state index in [0.29, 0.717) is 22.7 Å². The van der Waals surface area contributed by atoms with Gasteiger partial charge in [-0.1, -0.05) is 34.1 Å². The Bertz CT molecular complexity index is 1110. The van der Waals surface area contributed by atoms with E-state index in [2.05, 4.69) is 36.7 Å². The second-order valence-electron chi connectivity index (χ2n) is 6.73. The number of nitrogens with one attached hydrogen (secondary N) is 1. The van der Waals surface area contributed by atoms with Crippen LogP contribution < -0.4 is 10.2 Å². The van der Waals surface area contributed by atoms with Gasteiger partial charge in [-0.25, -0.2) is 5.43 Å². The first-order valence-corrected chi connectivity index (χ1v) is 10.2. The fraction of sp³-hybridized carbons (Fsp3) is 0.130. The zero-order chi connectivity index (χ0) is 22.2. The van der Waals surface area contributed by atoms with Crippen molar-refractivity contribution in [2.45, 2.75) is 13.8 Å². The molecule has 0 radical (unpaired) electrons. The van der Waals surface area contributed by atoms with E-state index in [1.54, 1.807) is 12.1 Å². The zero-order valence-corrected chi connectivity index (χ0v) is 18.6. The highest BCUT2D eigenvalue weighted by Crippen LogP contribution is 2.27. The van der Waals surface area contributed by atoms with Crippen LogP contribution in [0.25, 0.3) is 0 Å². The molecule has 0 bridgehead atoms. The van der Waals surface area contributed by atoms with Gasteiger partial charge in [0, 0.05) is 10.0 Å². The Morgan fingerprint density at radius 2 is 1.71 bits per heavy atom. The third kappa shape index (κ3) is 6.48. The SMILES string of the molecule is Cc1cc(Br)cc(C)c1OCC(=O)NN=Cc1cc(N=Nc2ccccc2)ccc1O. The Hall–Kier alpha value is -3.52. The van der Waals surface area contributed by atoms with Gasteiger partial charge in [-0.3, -0.25) is 4.79 Å². The largest absolute Gasteiger partial charge is 0.507 e. The predicted octanol–water partition coefficient (Wildman–Crippen LogP) is 5.72. The number of amides is 1. The number of rotatable bonds is 7. The van der Waals surface area contributed by atoms with Crippen LogP contribution in [0.5, 0.6) is 11.5 Å². The van der Waals surface area contributed by atoms with Crippen LogP contribution in [0.3, 0.4) is 0 Å². The van der Waals surface area contributed by atoms with Gasteiger partial charge in [-0.15, -0.1) is 0 Å². The molecule has 2 N–H and O–H groups in total. The Balaban J connectivity index is 1.59. The van der Waals surface area contributed by atoms with Crippen molar-refractivity contribution >= 4 is 39.4 Å². The number of aromatic hydroxyl groups is 1. The minimum absolute atomic E-state index is 0.00835. The maximum Gasteiger partial charge on any atom is 0.277 e. The molecular formula is C23H21BrN4O3. The molecule has 3 rings (SSSR count). The number of phenols is 1. The van der Waals surface area contributed by atoms with Crippen molar-refractivity contribution in [3.05, 3.63) is 81.8 Å². The van der Waals surface area contributed by atoms with Gasteiger partial charge in [0.1, 0.15) is 11.5 Å². The summed E-state index contributed by atoms with van der Waals surface area (Å²) in [6.45, 7) is 3.64. The maximum absolute atomic E-state index is 12.1. The monoisotopic (exact) mass is 480 g/mol. The van der Waals surface area contributed by atoms with E-state index in [4.69, 9.17) is 4.74 Å². The second kappa shape index (κ2) is 10.5. The van der Waals surface area contributed by atoms with E-state index in [1.807, 2.05) is 56.3 Å². The molecular weight excluding hydrogens is 460 g/mol. The van der Waals surface area contributed by atoms with Gasteiger partial charge in [-0.2, -0.15) is 15.3 Å². The van der Waals surface area contributed by atoms with E-state index in [0.717, 1.165) is 15.6 Å². The van der Waals surface area contributed by atoms with Crippen LogP contribution in [-0.2, 0) is 4.79 Å². The molecule has 0 unspecified atom stereocenters. The number of carbonyl (C=O) groups excluding carboxylic acids is 1. The van der Waals surface area contributed by atoms with Crippen LogP contribution in [0.1, 0.15) is 16.7 Å². The molecule has 0 aliphatic carbocycles. The first-order chi connectivity index (χ1) is 14.9. The summed E-state index contributed by atoms with van der Waals surface area (Å²) in [7, 11) is 0. The number of hydrogen-bond donors (Lipinski definition) is 2. The molecule has 0 heterocycles. The van der Waals surface area contributed by atoms with Gasteiger partial charge in [0.05, 0.1) is 17.6 Å². The van der Waals surface area contributed by atoms with Crippen molar-refractivity contribution in [2.75, 3.05) is 6.61 Å². The molecule has 158 valence electrons. The van der Waals surface area contributed by atoms with Crippen LogP contribution in [0.15, 0.2) is 80.5 Å². The van der Waals surface area contributed by atoms with Gasteiger partial charge in [-0.05, 0) is 67.4 Å². The van der Waals surface area contributed by atoms with E-state index in [9.17, 15) is 9.90 Å². The molecule has 3 aromatic rings. The molecule has 0 spiro atoms. The summed E-state index contributed by atoms with van der Waals surface area (Å²) in [5.74, 6) is 0.253. The van der Waals surface area contributed by atoms with E-state index in [1.165, 1.54) is 12.3 Å². The summed E-state index contributed by atoms with van der Waals surface area (Å²) in [6, 6.07) is 17.9. The molecule has 31 heavy (non-hydrogen) atoms. The molecule has 8 heteroatoms. The first-order valence-electron chi connectivity index (χ1n) is 9.43. The number of benzene rings is 3. The average molecular weight is 481 g/mol. The van der Waals surface area contributed by atoms with Crippen LogP contribution in [0.2, 0.25) is 0 Å². The Morgan fingerprint density at radius 1 is 1.03 bits per heavy atom. The quantitative estimate of drug-likeness (QED) is 0.257. The van der Waals surface area contributed by atoms with Crippen LogP contribution in [0.4, 0.5) is 11.4 Å². The van der Waals surface area contributed by atoms with Gasteiger partial charge in [0.2, 0.25) is 0 Å². The van der Waals surface area contributed by atoms with Crippen molar-refractivity contribution in [3.8, 4) is 11.5 Å². The summed E-state index contributed by atoms with van der Waals surface area (Å²) < 4.78 is 6.57. The Kier molecular flexibility index (Phi) is 7.50. The Labute approximate surface area is 188 Å². The van der Waals surface area contributed by atoms with Crippen molar-refractivity contribution in [3.63, 3.8) is 0 Å². The lowest BCUT2D eigenvalue weighted by Gasteiger charge is -2.11. The molecule has 0 aliphatic heterocycles. The second-order valence-corrected chi connectivity index (χ2v) is 7.64. The van der Waals surface area contributed by atoms with Crippen molar-refractivity contribution in [2.24, 2.45) is 15.3 Å². The third-order valence-corrected chi connectivity index (χ3v) is 4.67. The average Bonchev–Trinajstić information content (AvgIpc) is 2.74. The minimum Gasteiger partial charge on any atom is -0.507 e. The highest BCUT2D eigenvalue weighted by atomic mass is 79.9. The molecule has 0 fully saturated rings. The molecule has 0 aromatic heterocycles. The topological polar surface area (TPSA) is 95.6 Å². The molecule has 7 nitrogen and oxygen atoms in total. The number of azo groups is 1. The smallest absolute Gasteiger partial charge is 0.277 e. The lowest BCUT2D eigenvalue weighted by atomic mass is 10.1. The highest BCUT2D eigenvalue weighted by molar-refractivity contribution is 9.10. The molecule has 0 aliphatic rings. The number of hydrazone groups is 1. The number of ether oxygens (including phenoxy) is 1. The lowest BCUT2D eigenvalue weighted by molar-refractivity contribution is -0.123. The van der Waals surface area contributed by atoms with Gasteiger partial charge in [0.15, 0.2) is 6.61 Å². The van der Waals surface area contributed by atoms with Crippen molar-refractivity contribution in [1.29, 1.82) is 0 Å². The fourth-order valence-corrected chi connectivity index (χ4v) is 3.47. The normalized spacial score (nSPS) is 11.2. The molecule has 0 saturated carbocycles. The number of halogens is 1. The third-order valence-electron chi connectivity index (χ3n) is 4.21. The fourth-order valence-electron chi connectivity index (χ4n) is 2.79. The number of carbonyl (C=O) groups is 1. The van der Waals surface area contributed by atoms with Crippen molar-refractivity contribution < 1.29 is 14.6 Å². The molecule has 1 amide bonds. The highest BCUT2D eigenvalue weighted by Gasteiger charge is 2.08. The summed E-state index contributed by atoms with van der Waals surface area (Å²) in [5, 5.41) is 22.2. The zero-order valence-electron chi connectivity index (χ0n) is 17.0. The van der Waals surface area contributed by atoms with Crippen LogP contribution >= 0.6 is 15.9 Å². The first kappa shape index (κ1) is 22.2. The molecule has 3 aromatic carbocycles. The number of phenolic OH excluding ortho intramolecular Hbond substituents is 1. The summed E-state index contributed by atoms with van der Waals surface area (Å²) in [6.07, 6.45) is 1.34. The summed E-state index contributed by atoms with van der Waals surface area (Å²) >= 11 is 3.43. The van der Waals surface area contributed by atoms with Crippen LogP contribution in [0, 0.1) is 13.8 Å². The molecule has 0 saturated heterocycles.